The van der Waals surface area contributed by atoms with Gasteiger partial charge in [0.15, 0.2) is 0 Å². The molecule has 2 atom stereocenters. The van der Waals surface area contributed by atoms with Crippen molar-refractivity contribution in [2.45, 2.75) is 38.5 Å². The van der Waals surface area contributed by atoms with Gasteiger partial charge in [0.2, 0.25) is 5.91 Å². The molecule has 0 spiro atoms. The van der Waals surface area contributed by atoms with E-state index in [1.54, 1.807) is 12.4 Å². The number of likely N-dealkylation sites (tertiary alicyclic amines) is 2. The molecule has 2 aliphatic rings. The number of piperidine rings is 2. The highest BCUT2D eigenvalue weighted by Gasteiger charge is 2.31. The predicted octanol–water partition coefficient (Wildman–Crippen LogP) is 3.31. The number of carbonyl (C=O) groups is 1. The van der Waals surface area contributed by atoms with Gasteiger partial charge in [0.25, 0.3) is 0 Å². The van der Waals surface area contributed by atoms with Gasteiger partial charge < -0.3 is 15.2 Å². The van der Waals surface area contributed by atoms with Gasteiger partial charge in [-0.05, 0) is 56.8 Å². The molecule has 0 aliphatic carbocycles. The molecule has 1 aromatic heterocycles. The Hall–Kier alpha value is -2.34. The molecule has 2 saturated heterocycles. The number of hydrogen-bond donors (Lipinski definition) is 1. The van der Waals surface area contributed by atoms with Gasteiger partial charge in [0.05, 0.1) is 11.0 Å². The third kappa shape index (κ3) is 4.32. The number of hydrogen-bond acceptors (Lipinski definition) is 5. The van der Waals surface area contributed by atoms with E-state index >= 15 is 0 Å². The summed E-state index contributed by atoms with van der Waals surface area (Å²) in [6, 6.07) is 4.04. The first-order valence-corrected chi connectivity index (χ1v) is 10.8. The summed E-state index contributed by atoms with van der Waals surface area (Å²) in [7, 11) is 2.16. The van der Waals surface area contributed by atoms with Crippen LogP contribution in [0.2, 0.25) is 0 Å². The minimum absolute atomic E-state index is 0.263. The number of benzene rings is 1. The Morgan fingerprint density at radius 1 is 1.17 bits per heavy atom. The van der Waals surface area contributed by atoms with E-state index in [0.29, 0.717) is 24.2 Å². The van der Waals surface area contributed by atoms with Crippen LogP contribution in [0.1, 0.15) is 49.7 Å². The zero-order valence-corrected chi connectivity index (χ0v) is 17.5. The molecule has 2 aliphatic heterocycles. The van der Waals surface area contributed by atoms with Gasteiger partial charge in [-0.1, -0.05) is 19.1 Å². The molecule has 154 valence electrons. The SMILES string of the molecule is C[C@H]1C[C@H](c2ccc(C=N)c3nccnc23)CN(C(=O)CC2CCN(C)CC2)C1. The van der Waals surface area contributed by atoms with E-state index in [0.717, 1.165) is 67.6 Å². The van der Waals surface area contributed by atoms with Gasteiger partial charge in [-0.15, -0.1) is 0 Å². The van der Waals surface area contributed by atoms with Crippen LogP contribution < -0.4 is 0 Å². The highest BCUT2D eigenvalue weighted by Crippen LogP contribution is 2.34. The van der Waals surface area contributed by atoms with Gasteiger partial charge in [0, 0.05) is 49.6 Å². The Bertz CT molecular complexity index is 890. The molecule has 0 radical (unpaired) electrons. The lowest BCUT2D eigenvalue weighted by atomic mass is 9.83. The van der Waals surface area contributed by atoms with Crippen LogP contribution in [0.15, 0.2) is 24.5 Å². The largest absolute Gasteiger partial charge is 0.342 e. The Balaban J connectivity index is 1.53. The van der Waals surface area contributed by atoms with Crippen molar-refractivity contribution < 1.29 is 4.79 Å². The van der Waals surface area contributed by atoms with Crippen LogP contribution in [0.3, 0.4) is 0 Å². The molecule has 2 fully saturated rings. The first kappa shape index (κ1) is 20.0. The van der Waals surface area contributed by atoms with E-state index in [9.17, 15) is 4.79 Å². The second-order valence-corrected chi connectivity index (χ2v) is 8.93. The lowest BCUT2D eigenvalue weighted by molar-refractivity contribution is -0.134. The first-order valence-electron chi connectivity index (χ1n) is 10.8. The van der Waals surface area contributed by atoms with Gasteiger partial charge in [0.1, 0.15) is 0 Å². The molecule has 0 saturated carbocycles. The number of rotatable bonds is 4. The Kier molecular flexibility index (Phi) is 5.90. The topological polar surface area (TPSA) is 73.2 Å². The van der Waals surface area contributed by atoms with Crippen molar-refractivity contribution >= 4 is 23.2 Å². The molecule has 6 heteroatoms. The molecule has 1 amide bonds. The quantitative estimate of drug-likeness (QED) is 0.809. The van der Waals surface area contributed by atoms with E-state index in [-0.39, 0.29) is 5.92 Å². The molecule has 4 rings (SSSR count). The van der Waals surface area contributed by atoms with Crippen molar-refractivity contribution in [3.8, 4) is 0 Å². The summed E-state index contributed by atoms with van der Waals surface area (Å²) in [5, 5.41) is 7.65. The summed E-state index contributed by atoms with van der Waals surface area (Å²) in [4.78, 5) is 26.6. The molecular weight excluding hydrogens is 362 g/mol. The zero-order chi connectivity index (χ0) is 20.4. The minimum atomic E-state index is 0.263. The highest BCUT2D eigenvalue weighted by atomic mass is 16.2. The second-order valence-electron chi connectivity index (χ2n) is 8.93. The Labute approximate surface area is 172 Å². The predicted molar refractivity (Wildman–Crippen MR) is 115 cm³/mol. The van der Waals surface area contributed by atoms with Crippen LogP contribution in [0, 0.1) is 17.2 Å². The Morgan fingerprint density at radius 3 is 2.62 bits per heavy atom. The smallest absolute Gasteiger partial charge is 0.222 e. The van der Waals surface area contributed by atoms with Crippen LogP contribution in [0.4, 0.5) is 0 Å². The van der Waals surface area contributed by atoms with Crippen molar-refractivity contribution in [3.63, 3.8) is 0 Å². The van der Waals surface area contributed by atoms with Gasteiger partial charge >= 0.3 is 0 Å². The lowest BCUT2D eigenvalue weighted by Gasteiger charge is -2.38. The Morgan fingerprint density at radius 2 is 1.90 bits per heavy atom. The van der Waals surface area contributed by atoms with Gasteiger partial charge in [-0.2, -0.15) is 0 Å². The van der Waals surface area contributed by atoms with Gasteiger partial charge in [-0.3, -0.25) is 14.8 Å². The maximum Gasteiger partial charge on any atom is 0.222 e. The summed E-state index contributed by atoms with van der Waals surface area (Å²) in [6.45, 7) is 6.04. The van der Waals surface area contributed by atoms with Crippen molar-refractivity contribution in [2.75, 3.05) is 33.2 Å². The molecule has 6 nitrogen and oxygen atoms in total. The monoisotopic (exact) mass is 393 g/mol. The van der Waals surface area contributed by atoms with Crippen LogP contribution >= 0.6 is 0 Å². The average Bonchev–Trinajstić information content (AvgIpc) is 2.74. The summed E-state index contributed by atoms with van der Waals surface area (Å²) >= 11 is 0. The standard InChI is InChI=1S/C23H31N5O/c1-16-11-19(20-4-3-18(13-24)22-23(20)26-8-7-25-22)15-28(14-16)21(29)12-17-5-9-27(2)10-6-17/h3-4,7-8,13,16-17,19,24H,5-6,9-12,14-15H2,1-2H3/t16-,19-/m0/s1. The maximum atomic E-state index is 13.1. The number of fused-ring (bicyclic) bond motifs is 1. The third-order valence-corrected chi connectivity index (χ3v) is 6.60. The van der Waals surface area contributed by atoms with Crippen molar-refractivity contribution in [1.29, 1.82) is 5.41 Å². The second kappa shape index (κ2) is 8.57. The van der Waals surface area contributed by atoms with Crippen LogP contribution in [-0.4, -0.2) is 65.1 Å². The van der Waals surface area contributed by atoms with E-state index < -0.39 is 0 Å². The minimum Gasteiger partial charge on any atom is -0.342 e. The van der Waals surface area contributed by atoms with E-state index in [2.05, 4.69) is 39.8 Å². The molecule has 1 aromatic carbocycles. The van der Waals surface area contributed by atoms with E-state index in [1.165, 1.54) is 6.21 Å². The first-order chi connectivity index (χ1) is 14.0. The van der Waals surface area contributed by atoms with Crippen LogP contribution in [-0.2, 0) is 4.79 Å². The normalized spacial score (nSPS) is 24.0. The van der Waals surface area contributed by atoms with Crippen molar-refractivity contribution in [3.05, 3.63) is 35.7 Å². The molecule has 1 N–H and O–H groups in total. The molecule has 0 bridgehead atoms. The number of amides is 1. The lowest BCUT2D eigenvalue weighted by Crippen LogP contribution is -2.43. The summed E-state index contributed by atoms with van der Waals surface area (Å²) in [5.74, 6) is 1.55. The number of nitrogens with one attached hydrogen (secondary N) is 1. The fourth-order valence-corrected chi connectivity index (χ4v) is 4.97. The third-order valence-electron chi connectivity index (χ3n) is 6.60. The van der Waals surface area contributed by atoms with E-state index in [1.807, 2.05) is 6.07 Å². The summed E-state index contributed by atoms with van der Waals surface area (Å²) < 4.78 is 0. The number of aromatic nitrogens is 2. The van der Waals surface area contributed by atoms with Crippen LogP contribution in [0.5, 0.6) is 0 Å². The molecule has 2 aromatic rings. The fraction of sp³-hybridized carbons (Fsp3) is 0.565. The van der Waals surface area contributed by atoms with Crippen LogP contribution in [0.25, 0.3) is 11.0 Å². The molecular formula is C23H31N5O. The molecule has 29 heavy (non-hydrogen) atoms. The van der Waals surface area contributed by atoms with E-state index in [4.69, 9.17) is 5.41 Å². The average molecular weight is 394 g/mol. The van der Waals surface area contributed by atoms with Crippen molar-refractivity contribution in [1.82, 2.24) is 19.8 Å². The number of nitrogens with zero attached hydrogens (tertiary/aromatic N) is 4. The summed E-state index contributed by atoms with van der Waals surface area (Å²) in [6.07, 6.45) is 8.71. The maximum absolute atomic E-state index is 13.1. The highest BCUT2D eigenvalue weighted by molar-refractivity contribution is 5.96. The fourth-order valence-electron chi connectivity index (χ4n) is 4.97. The van der Waals surface area contributed by atoms with Gasteiger partial charge in [-0.25, -0.2) is 0 Å². The van der Waals surface area contributed by atoms with Crippen molar-refractivity contribution in [2.24, 2.45) is 11.8 Å². The zero-order valence-electron chi connectivity index (χ0n) is 17.5. The molecule has 0 unspecified atom stereocenters. The molecule has 3 heterocycles. The number of carbonyl (C=O) groups excluding carboxylic acids is 1. The summed E-state index contributed by atoms with van der Waals surface area (Å²) in [5.41, 5.74) is 3.59.